The van der Waals surface area contributed by atoms with E-state index in [-0.39, 0.29) is 19.4 Å². The van der Waals surface area contributed by atoms with E-state index in [2.05, 4.69) is 17.9 Å². The number of likely N-dealkylation sites (N-methyl/N-ethyl adjacent to an activating group) is 1. The summed E-state index contributed by atoms with van der Waals surface area (Å²) < 4.78 is 15.4. The van der Waals surface area contributed by atoms with Crippen molar-refractivity contribution in [3.05, 3.63) is 0 Å². The fourth-order valence-corrected chi connectivity index (χ4v) is 3.45. The number of hydrogen-bond donors (Lipinski definition) is 0. The molecule has 0 aromatic heterocycles. The highest BCUT2D eigenvalue weighted by Gasteiger charge is 2.49. The van der Waals surface area contributed by atoms with Crippen LogP contribution in [0.15, 0.2) is 0 Å². The van der Waals surface area contributed by atoms with E-state index in [0.717, 1.165) is 0 Å². The first kappa shape index (κ1) is 27.5. The molecular weight excluding hydrogens is 386 g/mol. The number of rotatable bonds is 11. The Morgan fingerprint density at radius 1 is 0.967 bits per heavy atom. The number of terminal acetylenes is 1. The van der Waals surface area contributed by atoms with Crippen LogP contribution in [-0.4, -0.2) is 57.2 Å². The molecule has 0 saturated heterocycles. The second kappa shape index (κ2) is 11.6. The minimum atomic E-state index is -1.22. The van der Waals surface area contributed by atoms with Crippen LogP contribution in [0.2, 0.25) is 0 Å². The molecule has 0 bridgehead atoms. The number of ether oxygens (including phenoxy) is 3. The molecule has 0 rings (SSSR count). The molecule has 0 radical (unpaired) electrons. The van der Waals surface area contributed by atoms with Crippen LogP contribution in [0.3, 0.4) is 0 Å². The number of carbonyl (C=O) groups is 3. The summed E-state index contributed by atoms with van der Waals surface area (Å²) in [5, 5.41) is 0. The van der Waals surface area contributed by atoms with E-state index in [9.17, 15) is 14.4 Å². The molecule has 0 aromatic rings. The maximum absolute atomic E-state index is 12.9. The molecule has 0 aromatic carbocycles. The normalized spacial score (nSPS) is 14.9. The molecule has 0 saturated carbocycles. The van der Waals surface area contributed by atoms with E-state index >= 15 is 0 Å². The number of carbonyl (C=O) groups excluding carboxylic acids is 3. The summed E-state index contributed by atoms with van der Waals surface area (Å²) in [6.07, 6.45) is 7.88. The molecule has 0 aliphatic rings. The van der Waals surface area contributed by atoms with Gasteiger partial charge in [0, 0.05) is 12.5 Å². The fourth-order valence-electron chi connectivity index (χ4n) is 3.45. The summed E-state index contributed by atoms with van der Waals surface area (Å²) in [7, 11) is 5.05. The lowest BCUT2D eigenvalue weighted by Gasteiger charge is -2.39. The van der Waals surface area contributed by atoms with Gasteiger partial charge in [0.15, 0.2) is 0 Å². The smallest absolute Gasteiger partial charge is 0.325 e. The Morgan fingerprint density at radius 3 is 2.03 bits per heavy atom. The van der Waals surface area contributed by atoms with Crippen LogP contribution >= 0.6 is 0 Å². The summed E-state index contributed by atoms with van der Waals surface area (Å²) in [6, 6.07) is 0. The van der Waals surface area contributed by atoms with Crippen molar-refractivity contribution >= 4 is 17.9 Å². The predicted octanol–water partition coefficient (Wildman–Crippen LogP) is 2.63. The summed E-state index contributed by atoms with van der Waals surface area (Å²) in [6.45, 7) is 9.42. The lowest BCUT2D eigenvalue weighted by Crippen LogP contribution is -2.44. The molecule has 0 fully saturated rings. The zero-order valence-corrected chi connectivity index (χ0v) is 19.5. The maximum Gasteiger partial charge on any atom is 0.325 e. The highest BCUT2D eigenvalue weighted by molar-refractivity contribution is 5.83. The van der Waals surface area contributed by atoms with E-state index in [0.29, 0.717) is 13.0 Å². The molecule has 0 spiro atoms. The van der Waals surface area contributed by atoms with Gasteiger partial charge in [-0.2, -0.15) is 0 Å². The monoisotopic (exact) mass is 421 g/mol. The first-order valence-electron chi connectivity index (χ1n) is 9.85. The maximum atomic E-state index is 12.9. The van der Waals surface area contributed by atoms with Crippen LogP contribution in [-0.2, 0) is 28.6 Å². The van der Waals surface area contributed by atoms with Crippen LogP contribution in [0, 0.1) is 40.6 Å². The minimum absolute atomic E-state index is 0.0871. The molecule has 0 N–H and O–H groups in total. The van der Waals surface area contributed by atoms with E-state index in [4.69, 9.17) is 20.6 Å². The largest absolute Gasteiger partial charge is 0.469 e. The molecule has 7 heteroatoms. The Hall–Kier alpha value is -2.51. The molecule has 168 valence electrons. The molecule has 30 heavy (non-hydrogen) atoms. The summed E-state index contributed by atoms with van der Waals surface area (Å²) in [5.74, 6) is 2.76. The standard InChI is InChI=1S/C23H35NO6/c1-10-12-14-29-20(27)23(6,16-21(3,4)18(25)28-9)17-22(5,11-2)19(26)30-15-13-24(7)8/h1H,11,13,15-17H2,2-9H3. The highest BCUT2D eigenvalue weighted by Crippen LogP contribution is 2.45. The summed E-state index contributed by atoms with van der Waals surface area (Å²) >= 11 is 0. The van der Waals surface area contributed by atoms with E-state index in [1.54, 1.807) is 27.7 Å². The molecule has 2 atom stereocenters. The third kappa shape index (κ3) is 8.08. The van der Waals surface area contributed by atoms with Gasteiger partial charge in [0.05, 0.1) is 23.4 Å². The molecule has 2 unspecified atom stereocenters. The first-order chi connectivity index (χ1) is 13.8. The second-order valence-electron chi connectivity index (χ2n) is 8.90. The van der Waals surface area contributed by atoms with E-state index in [1.807, 2.05) is 25.9 Å². The molecule has 0 amide bonds. The van der Waals surface area contributed by atoms with Crippen molar-refractivity contribution in [2.24, 2.45) is 16.2 Å². The van der Waals surface area contributed by atoms with Crippen LogP contribution in [0.1, 0.15) is 53.9 Å². The van der Waals surface area contributed by atoms with Gasteiger partial charge in [0.25, 0.3) is 0 Å². The lowest BCUT2D eigenvalue weighted by atomic mass is 9.65. The molecule has 7 nitrogen and oxygen atoms in total. The Bertz CT molecular complexity index is 724. The molecular formula is C23H35NO6. The fraction of sp³-hybridized carbons (Fsp3) is 0.696. The topological polar surface area (TPSA) is 82.1 Å². The highest BCUT2D eigenvalue weighted by atomic mass is 16.5. The van der Waals surface area contributed by atoms with Gasteiger partial charge in [0.1, 0.15) is 12.7 Å². The van der Waals surface area contributed by atoms with E-state index in [1.165, 1.54) is 7.11 Å². The van der Waals surface area contributed by atoms with Crippen molar-refractivity contribution < 1.29 is 28.6 Å². The average Bonchev–Trinajstić information content (AvgIpc) is 2.66. The van der Waals surface area contributed by atoms with Gasteiger partial charge < -0.3 is 19.1 Å². The Balaban J connectivity index is 5.87. The van der Waals surface area contributed by atoms with Crippen molar-refractivity contribution in [2.45, 2.75) is 53.9 Å². The molecule has 0 aliphatic heterocycles. The van der Waals surface area contributed by atoms with Crippen LogP contribution < -0.4 is 0 Å². The summed E-state index contributed by atoms with van der Waals surface area (Å²) in [4.78, 5) is 39.9. The number of hydrogen-bond acceptors (Lipinski definition) is 7. The lowest BCUT2D eigenvalue weighted by molar-refractivity contribution is -0.164. The zero-order valence-electron chi connectivity index (χ0n) is 19.5. The van der Waals surface area contributed by atoms with Crippen molar-refractivity contribution in [3.8, 4) is 24.4 Å². The van der Waals surface area contributed by atoms with Crippen LogP contribution in [0.25, 0.3) is 0 Å². The van der Waals surface area contributed by atoms with Gasteiger partial charge in [-0.25, -0.2) is 0 Å². The first-order valence-corrected chi connectivity index (χ1v) is 9.85. The Kier molecular flexibility index (Phi) is 10.6. The van der Waals surface area contributed by atoms with Crippen LogP contribution in [0.5, 0.6) is 0 Å². The SMILES string of the molecule is C#CC#COC(=O)C(C)(CC(C)(C)C(=O)OC)CC(C)(CC)C(=O)OCCN(C)C. The van der Waals surface area contributed by atoms with Crippen molar-refractivity contribution in [2.75, 3.05) is 34.4 Å². The Morgan fingerprint density at radius 2 is 1.57 bits per heavy atom. The van der Waals surface area contributed by atoms with Gasteiger partial charge in [-0.05, 0) is 67.0 Å². The molecule has 0 heterocycles. The third-order valence-electron chi connectivity index (χ3n) is 5.15. The van der Waals surface area contributed by atoms with Gasteiger partial charge in [0.2, 0.25) is 0 Å². The summed E-state index contributed by atoms with van der Waals surface area (Å²) in [5.41, 5.74) is -3.18. The van der Waals surface area contributed by atoms with Crippen LogP contribution in [0.4, 0.5) is 0 Å². The predicted molar refractivity (Wildman–Crippen MR) is 114 cm³/mol. The number of methoxy groups -OCH3 is 1. The van der Waals surface area contributed by atoms with Crippen molar-refractivity contribution in [1.82, 2.24) is 4.90 Å². The van der Waals surface area contributed by atoms with Crippen molar-refractivity contribution in [3.63, 3.8) is 0 Å². The van der Waals surface area contributed by atoms with Gasteiger partial charge in [-0.1, -0.05) is 6.92 Å². The van der Waals surface area contributed by atoms with Gasteiger partial charge in [-0.15, -0.1) is 6.42 Å². The number of nitrogens with zero attached hydrogens (tertiary/aromatic N) is 1. The second-order valence-corrected chi connectivity index (χ2v) is 8.90. The Labute approximate surface area is 180 Å². The number of esters is 3. The minimum Gasteiger partial charge on any atom is -0.469 e. The van der Waals surface area contributed by atoms with Gasteiger partial charge >= 0.3 is 17.9 Å². The van der Waals surface area contributed by atoms with Crippen molar-refractivity contribution in [1.29, 1.82) is 0 Å². The molecule has 0 aliphatic carbocycles. The van der Waals surface area contributed by atoms with E-state index < -0.39 is 34.2 Å². The average molecular weight is 422 g/mol. The van der Waals surface area contributed by atoms with Gasteiger partial charge in [-0.3, -0.25) is 14.4 Å². The quantitative estimate of drug-likeness (QED) is 0.288. The zero-order chi connectivity index (χ0) is 23.6. The third-order valence-corrected chi connectivity index (χ3v) is 5.15.